The Kier molecular flexibility index (Phi) is 4.65. The lowest BCUT2D eigenvalue weighted by Gasteiger charge is -2.34. The molecule has 0 saturated heterocycles. The highest BCUT2D eigenvalue weighted by Gasteiger charge is 2.27. The van der Waals surface area contributed by atoms with Crippen LogP contribution in [0.25, 0.3) is 0 Å². The largest absolute Gasteiger partial charge is 0.497 e. The fraction of sp³-hybridized carbons (Fsp3) is 0.438. The Balaban J connectivity index is 2.33. The van der Waals surface area contributed by atoms with Crippen LogP contribution in [0.4, 0.5) is 0 Å². The van der Waals surface area contributed by atoms with Crippen LogP contribution in [0.3, 0.4) is 0 Å². The van der Waals surface area contributed by atoms with Crippen LogP contribution < -0.4 is 4.74 Å². The number of ether oxygens (including phenoxy) is 1. The van der Waals surface area contributed by atoms with Crippen LogP contribution in [0.5, 0.6) is 5.75 Å². The van der Waals surface area contributed by atoms with Crippen molar-refractivity contribution in [3.8, 4) is 18.1 Å². The molecule has 0 bridgehead atoms. The van der Waals surface area contributed by atoms with E-state index in [2.05, 4.69) is 12.0 Å². The maximum absolute atomic E-state index is 11.0. The zero-order valence-corrected chi connectivity index (χ0v) is 11.6. The molecule has 0 radical (unpaired) electrons. The van der Waals surface area contributed by atoms with Crippen molar-refractivity contribution in [1.82, 2.24) is 4.90 Å². The lowest BCUT2D eigenvalue weighted by Crippen LogP contribution is -2.35. The zero-order chi connectivity index (χ0) is 14.5. The third-order valence-corrected chi connectivity index (χ3v) is 3.71. The standard InChI is InChI=1S/C16H19NO3/c1-3-9-17(11-16(18)19)15-6-4-5-12-7-8-13(20-2)10-14(12)15/h1,7-8,10,15H,4-6,9,11H2,2H3,(H,18,19). The number of carboxylic acids is 1. The second-order valence-electron chi connectivity index (χ2n) is 4.98. The van der Waals surface area contributed by atoms with Crippen molar-refractivity contribution >= 4 is 5.97 Å². The monoisotopic (exact) mass is 273 g/mol. The number of aliphatic carboxylic acids is 1. The van der Waals surface area contributed by atoms with E-state index in [0.29, 0.717) is 6.54 Å². The van der Waals surface area contributed by atoms with Crippen molar-refractivity contribution < 1.29 is 14.6 Å². The molecule has 1 aliphatic carbocycles. The average molecular weight is 273 g/mol. The summed E-state index contributed by atoms with van der Waals surface area (Å²) in [6.45, 7) is 0.305. The molecule has 0 spiro atoms. The summed E-state index contributed by atoms with van der Waals surface area (Å²) in [5.41, 5.74) is 2.40. The molecule has 20 heavy (non-hydrogen) atoms. The fourth-order valence-corrected chi connectivity index (χ4v) is 2.83. The van der Waals surface area contributed by atoms with Crippen molar-refractivity contribution in [3.05, 3.63) is 29.3 Å². The molecule has 0 heterocycles. The summed E-state index contributed by atoms with van der Waals surface area (Å²) < 4.78 is 5.27. The Morgan fingerprint density at radius 1 is 1.60 bits per heavy atom. The SMILES string of the molecule is C#CCN(CC(=O)O)C1CCCc2ccc(OC)cc21. The number of benzene rings is 1. The van der Waals surface area contributed by atoms with Gasteiger partial charge in [-0.3, -0.25) is 9.69 Å². The van der Waals surface area contributed by atoms with Crippen LogP contribution in [-0.2, 0) is 11.2 Å². The van der Waals surface area contributed by atoms with Gasteiger partial charge in [-0.1, -0.05) is 12.0 Å². The molecule has 1 aromatic carbocycles. The van der Waals surface area contributed by atoms with Gasteiger partial charge in [0.15, 0.2) is 0 Å². The summed E-state index contributed by atoms with van der Waals surface area (Å²) in [7, 11) is 1.63. The summed E-state index contributed by atoms with van der Waals surface area (Å²) in [5, 5.41) is 9.05. The molecule has 106 valence electrons. The van der Waals surface area contributed by atoms with Gasteiger partial charge in [-0.05, 0) is 42.5 Å². The first-order valence-electron chi connectivity index (χ1n) is 6.72. The Labute approximate surface area is 119 Å². The Morgan fingerprint density at radius 2 is 2.40 bits per heavy atom. The number of fused-ring (bicyclic) bond motifs is 1. The van der Waals surface area contributed by atoms with Gasteiger partial charge in [0.2, 0.25) is 0 Å². The lowest BCUT2D eigenvalue weighted by molar-refractivity contribution is -0.138. The van der Waals surface area contributed by atoms with Crippen LogP contribution in [0.15, 0.2) is 18.2 Å². The summed E-state index contributed by atoms with van der Waals surface area (Å²) in [6.07, 6.45) is 8.37. The minimum absolute atomic E-state index is 0.0362. The van der Waals surface area contributed by atoms with Gasteiger partial charge in [0, 0.05) is 6.04 Å². The third kappa shape index (κ3) is 3.12. The van der Waals surface area contributed by atoms with E-state index < -0.39 is 5.97 Å². The van der Waals surface area contributed by atoms with Gasteiger partial charge in [-0.2, -0.15) is 0 Å². The van der Waals surface area contributed by atoms with Gasteiger partial charge in [0.1, 0.15) is 5.75 Å². The maximum Gasteiger partial charge on any atom is 0.317 e. The van der Waals surface area contributed by atoms with E-state index in [-0.39, 0.29) is 12.6 Å². The highest BCUT2D eigenvalue weighted by Crippen LogP contribution is 2.36. The number of methoxy groups -OCH3 is 1. The van der Waals surface area contributed by atoms with E-state index in [1.54, 1.807) is 7.11 Å². The molecule has 0 amide bonds. The van der Waals surface area contributed by atoms with Crippen molar-refractivity contribution in [3.63, 3.8) is 0 Å². The molecule has 1 atom stereocenters. The first-order chi connectivity index (χ1) is 9.65. The van der Waals surface area contributed by atoms with Gasteiger partial charge in [-0.25, -0.2) is 0 Å². The van der Waals surface area contributed by atoms with Crippen LogP contribution in [0, 0.1) is 12.3 Å². The summed E-state index contributed by atoms with van der Waals surface area (Å²) in [4.78, 5) is 12.9. The van der Waals surface area contributed by atoms with E-state index in [4.69, 9.17) is 16.3 Å². The number of aryl methyl sites for hydroxylation is 1. The zero-order valence-electron chi connectivity index (χ0n) is 11.6. The molecule has 0 aromatic heterocycles. The molecule has 2 rings (SSSR count). The highest BCUT2D eigenvalue weighted by atomic mass is 16.5. The first-order valence-corrected chi connectivity index (χ1v) is 6.72. The Hall–Kier alpha value is -1.99. The van der Waals surface area contributed by atoms with Crippen molar-refractivity contribution in [2.45, 2.75) is 25.3 Å². The minimum Gasteiger partial charge on any atom is -0.497 e. The molecule has 4 heteroatoms. The van der Waals surface area contributed by atoms with Gasteiger partial charge in [0.25, 0.3) is 0 Å². The molecule has 1 aromatic rings. The van der Waals surface area contributed by atoms with Crippen LogP contribution in [-0.4, -0.2) is 36.2 Å². The molecule has 1 N–H and O–H groups in total. The Morgan fingerprint density at radius 3 is 3.05 bits per heavy atom. The summed E-state index contributed by atoms with van der Waals surface area (Å²) in [6, 6.07) is 6.07. The molecule has 1 unspecified atom stereocenters. The van der Waals surface area contributed by atoms with E-state index in [9.17, 15) is 4.79 Å². The average Bonchev–Trinajstić information content (AvgIpc) is 2.45. The van der Waals surface area contributed by atoms with E-state index >= 15 is 0 Å². The predicted molar refractivity (Wildman–Crippen MR) is 76.7 cm³/mol. The smallest absolute Gasteiger partial charge is 0.317 e. The second-order valence-corrected chi connectivity index (χ2v) is 4.98. The molecule has 0 aliphatic heterocycles. The van der Waals surface area contributed by atoms with E-state index in [1.807, 2.05) is 17.0 Å². The number of terminal acetylenes is 1. The van der Waals surface area contributed by atoms with E-state index in [0.717, 1.165) is 30.6 Å². The van der Waals surface area contributed by atoms with Gasteiger partial charge in [-0.15, -0.1) is 6.42 Å². The van der Waals surface area contributed by atoms with Crippen LogP contribution in [0.2, 0.25) is 0 Å². The summed E-state index contributed by atoms with van der Waals surface area (Å²) in [5.74, 6) is 2.51. The van der Waals surface area contributed by atoms with E-state index in [1.165, 1.54) is 5.56 Å². The van der Waals surface area contributed by atoms with Gasteiger partial charge in [0.05, 0.1) is 20.2 Å². The maximum atomic E-state index is 11.0. The number of hydrogen-bond acceptors (Lipinski definition) is 3. The molecular weight excluding hydrogens is 254 g/mol. The minimum atomic E-state index is -0.852. The van der Waals surface area contributed by atoms with Crippen molar-refractivity contribution in [2.75, 3.05) is 20.2 Å². The number of carbonyl (C=O) groups is 1. The lowest BCUT2D eigenvalue weighted by atomic mass is 9.86. The molecule has 0 fully saturated rings. The third-order valence-electron chi connectivity index (χ3n) is 3.71. The van der Waals surface area contributed by atoms with Crippen molar-refractivity contribution in [1.29, 1.82) is 0 Å². The van der Waals surface area contributed by atoms with Crippen molar-refractivity contribution in [2.24, 2.45) is 0 Å². The molecule has 1 aliphatic rings. The van der Waals surface area contributed by atoms with Crippen LogP contribution in [0.1, 0.15) is 30.0 Å². The van der Waals surface area contributed by atoms with Gasteiger partial charge < -0.3 is 9.84 Å². The van der Waals surface area contributed by atoms with Gasteiger partial charge >= 0.3 is 5.97 Å². The fourth-order valence-electron chi connectivity index (χ4n) is 2.83. The Bertz CT molecular complexity index is 533. The summed E-state index contributed by atoms with van der Waals surface area (Å²) >= 11 is 0. The molecule has 4 nitrogen and oxygen atoms in total. The first kappa shape index (κ1) is 14.4. The number of rotatable bonds is 5. The predicted octanol–water partition coefficient (Wildman–Crippen LogP) is 2.09. The molecular formula is C16H19NO3. The molecule has 0 saturated carbocycles. The topological polar surface area (TPSA) is 49.8 Å². The second kappa shape index (κ2) is 6.44. The quantitative estimate of drug-likeness (QED) is 0.835. The number of carboxylic acid groups (broad SMARTS) is 1. The number of hydrogen-bond donors (Lipinski definition) is 1. The highest BCUT2D eigenvalue weighted by molar-refractivity contribution is 5.69. The normalized spacial score (nSPS) is 17.4. The number of nitrogens with zero attached hydrogens (tertiary/aromatic N) is 1. The van der Waals surface area contributed by atoms with Crippen LogP contribution >= 0.6 is 0 Å².